The van der Waals surface area contributed by atoms with E-state index >= 15 is 0 Å². The molecule has 0 saturated heterocycles. The summed E-state index contributed by atoms with van der Waals surface area (Å²) < 4.78 is 5.96. The maximum Gasteiger partial charge on any atom is 0.274 e. The van der Waals surface area contributed by atoms with E-state index in [1.54, 1.807) is 11.9 Å². The molecule has 2 aromatic rings. The van der Waals surface area contributed by atoms with Crippen LogP contribution in [0.2, 0.25) is 0 Å². The van der Waals surface area contributed by atoms with Crippen LogP contribution in [0.15, 0.2) is 24.3 Å². The molecule has 134 valence electrons. The summed E-state index contributed by atoms with van der Waals surface area (Å²) in [5.41, 5.74) is 3.68. The van der Waals surface area contributed by atoms with E-state index in [9.17, 15) is 4.79 Å². The van der Waals surface area contributed by atoms with E-state index < -0.39 is 0 Å². The number of fused-ring (bicyclic) bond motifs is 1. The molecule has 0 atom stereocenters. The molecule has 2 heterocycles. The van der Waals surface area contributed by atoms with E-state index in [2.05, 4.69) is 42.4 Å². The van der Waals surface area contributed by atoms with Gasteiger partial charge in [-0.3, -0.25) is 9.89 Å². The fraction of sp³-hybridized carbons (Fsp3) is 0.474. The highest BCUT2D eigenvalue weighted by Gasteiger charge is 2.25. The van der Waals surface area contributed by atoms with Gasteiger partial charge in [0, 0.05) is 25.7 Å². The zero-order valence-electron chi connectivity index (χ0n) is 15.3. The van der Waals surface area contributed by atoms with Gasteiger partial charge >= 0.3 is 0 Å². The summed E-state index contributed by atoms with van der Waals surface area (Å²) in [6.07, 6.45) is 0. The van der Waals surface area contributed by atoms with Gasteiger partial charge in [0.25, 0.3) is 5.91 Å². The Balaban J connectivity index is 1.60. The molecule has 25 heavy (non-hydrogen) atoms. The second-order valence-corrected chi connectivity index (χ2v) is 7.45. The molecular weight excluding hydrogens is 316 g/mol. The zero-order valence-corrected chi connectivity index (χ0v) is 15.3. The summed E-state index contributed by atoms with van der Waals surface area (Å²) in [6.45, 7) is 8.87. The number of hydrogen-bond acceptors (Lipinski definition) is 4. The number of carbonyl (C=O) groups is 1. The number of rotatable bonds is 5. The Morgan fingerprint density at radius 1 is 1.28 bits per heavy atom. The van der Waals surface area contributed by atoms with Gasteiger partial charge in [0.05, 0.1) is 12.2 Å². The van der Waals surface area contributed by atoms with Crippen molar-refractivity contribution in [1.29, 1.82) is 0 Å². The van der Waals surface area contributed by atoms with Crippen molar-refractivity contribution >= 4 is 5.91 Å². The monoisotopic (exact) mass is 342 g/mol. The third-order valence-electron chi connectivity index (χ3n) is 4.48. The standard InChI is InChI=1S/C19H26N4O2/c1-19(2,3)14-7-5-6-8-16(14)25-10-9-23(4)18(24)17-13-11-20-12-15(13)21-22-17/h5-8,20H,9-12H2,1-4H3,(H,21,22). The van der Waals surface area contributed by atoms with E-state index in [0.29, 0.717) is 25.4 Å². The van der Waals surface area contributed by atoms with Crippen molar-refractivity contribution in [2.24, 2.45) is 0 Å². The van der Waals surface area contributed by atoms with Crippen LogP contribution in [0.25, 0.3) is 0 Å². The van der Waals surface area contributed by atoms with E-state index in [4.69, 9.17) is 4.74 Å². The number of ether oxygens (including phenoxy) is 1. The molecule has 6 heteroatoms. The molecule has 2 N–H and O–H groups in total. The lowest BCUT2D eigenvalue weighted by molar-refractivity contribution is 0.0766. The molecule has 0 bridgehead atoms. The number of carbonyl (C=O) groups excluding carboxylic acids is 1. The van der Waals surface area contributed by atoms with E-state index in [0.717, 1.165) is 23.6 Å². The maximum absolute atomic E-state index is 12.6. The molecule has 0 aliphatic carbocycles. The van der Waals surface area contributed by atoms with E-state index in [-0.39, 0.29) is 11.3 Å². The molecule has 0 radical (unpaired) electrons. The third kappa shape index (κ3) is 3.69. The first-order chi connectivity index (χ1) is 11.9. The first-order valence-electron chi connectivity index (χ1n) is 8.62. The lowest BCUT2D eigenvalue weighted by Crippen LogP contribution is -2.32. The fourth-order valence-corrected chi connectivity index (χ4v) is 3.01. The van der Waals surface area contributed by atoms with Crippen molar-refractivity contribution in [2.45, 2.75) is 39.3 Å². The van der Waals surface area contributed by atoms with Crippen molar-refractivity contribution in [1.82, 2.24) is 20.4 Å². The summed E-state index contributed by atoms with van der Waals surface area (Å²) in [5, 5.41) is 10.3. The highest BCUT2D eigenvalue weighted by molar-refractivity contribution is 5.94. The van der Waals surface area contributed by atoms with Gasteiger partial charge in [-0.05, 0) is 17.0 Å². The molecule has 3 rings (SSSR count). The third-order valence-corrected chi connectivity index (χ3v) is 4.48. The molecule has 1 aliphatic heterocycles. The summed E-state index contributed by atoms with van der Waals surface area (Å²) in [7, 11) is 1.78. The van der Waals surface area contributed by atoms with Gasteiger partial charge < -0.3 is 15.0 Å². The quantitative estimate of drug-likeness (QED) is 0.876. The number of hydrogen-bond donors (Lipinski definition) is 2. The van der Waals surface area contributed by atoms with Crippen molar-refractivity contribution in [3.05, 3.63) is 46.8 Å². The molecule has 1 amide bonds. The van der Waals surface area contributed by atoms with Crippen LogP contribution < -0.4 is 10.1 Å². The molecule has 6 nitrogen and oxygen atoms in total. The van der Waals surface area contributed by atoms with Gasteiger partial charge in [-0.25, -0.2) is 0 Å². The normalized spacial score (nSPS) is 13.6. The highest BCUT2D eigenvalue weighted by Crippen LogP contribution is 2.30. The van der Waals surface area contributed by atoms with Crippen LogP contribution in [0.3, 0.4) is 0 Å². The van der Waals surface area contributed by atoms with Crippen LogP contribution in [-0.4, -0.2) is 41.2 Å². The summed E-state index contributed by atoms with van der Waals surface area (Å²) in [4.78, 5) is 14.3. The number of likely N-dealkylation sites (N-methyl/N-ethyl adjacent to an activating group) is 1. The Hall–Kier alpha value is -2.34. The SMILES string of the molecule is CN(CCOc1ccccc1C(C)(C)C)C(=O)c1n[nH]c2c1CNC2. The number of nitrogens with zero attached hydrogens (tertiary/aromatic N) is 2. The molecule has 1 aromatic heterocycles. The van der Waals surface area contributed by atoms with Gasteiger partial charge in [0.15, 0.2) is 5.69 Å². The average molecular weight is 342 g/mol. The number of amides is 1. The Morgan fingerprint density at radius 3 is 2.80 bits per heavy atom. The predicted molar refractivity (Wildman–Crippen MR) is 96.7 cm³/mol. The van der Waals surface area contributed by atoms with Gasteiger partial charge in [-0.2, -0.15) is 5.10 Å². The molecule has 1 aliphatic rings. The summed E-state index contributed by atoms with van der Waals surface area (Å²) in [6, 6.07) is 8.06. The van der Waals surface area contributed by atoms with E-state index in [1.807, 2.05) is 18.2 Å². The minimum atomic E-state index is -0.0751. The number of aromatic amines is 1. The number of benzene rings is 1. The Kier molecular flexibility index (Phi) is 4.81. The van der Waals surface area contributed by atoms with Crippen molar-refractivity contribution in [2.75, 3.05) is 20.2 Å². The number of H-pyrrole nitrogens is 1. The molecular formula is C19H26N4O2. The van der Waals surface area contributed by atoms with Crippen LogP contribution in [0.5, 0.6) is 5.75 Å². The average Bonchev–Trinajstić information content (AvgIpc) is 3.16. The van der Waals surface area contributed by atoms with Crippen LogP contribution in [0.1, 0.15) is 48.1 Å². The topological polar surface area (TPSA) is 70.2 Å². The van der Waals surface area contributed by atoms with Gasteiger partial charge in [-0.15, -0.1) is 0 Å². The van der Waals surface area contributed by atoms with Gasteiger partial charge in [-0.1, -0.05) is 39.0 Å². The van der Waals surface area contributed by atoms with Gasteiger partial charge in [0.1, 0.15) is 12.4 Å². The van der Waals surface area contributed by atoms with Gasteiger partial charge in [0.2, 0.25) is 0 Å². The molecule has 0 unspecified atom stereocenters. The minimum Gasteiger partial charge on any atom is -0.491 e. The zero-order chi connectivity index (χ0) is 18.0. The van der Waals surface area contributed by atoms with Crippen LogP contribution >= 0.6 is 0 Å². The van der Waals surface area contributed by atoms with Crippen LogP contribution in [-0.2, 0) is 18.5 Å². The van der Waals surface area contributed by atoms with Crippen molar-refractivity contribution < 1.29 is 9.53 Å². The lowest BCUT2D eigenvalue weighted by atomic mass is 9.86. The molecule has 0 saturated carbocycles. The van der Waals surface area contributed by atoms with E-state index in [1.165, 1.54) is 5.56 Å². The van der Waals surface area contributed by atoms with Crippen LogP contribution in [0.4, 0.5) is 0 Å². The lowest BCUT2D eigenvalue weighted by Gasteiger charge is -2.23. The largest absolute Gasteiger partial charge is 0.491 e. The number of nitrogens with one attached hydrogen (secondary N) is 2. The van der Waals surface area contributed by atoms with Crippen LogP contribution in [0, 0.1) is 0 Å². The van der Waals surface area contributed by atoms with Crippen molar-refractivity contribution in [3.8, 4) is 5.75 Å². The number of para-hydroxylation sites is 1. The molecule has 1 aromatic carbocycles. The Labute approximate surface area is 148 Å². The highest BCUT2D eigenvalue weighted by atomic mass is 16.5. The first kappa shape index (κ1) is 17.5. The Morgan fingerprint density at radius 2 is 2.04 bits per heavy atom. The van der Waals surface area contributed by atoms with Crippen molar-refractivity contribution in [3.63, 3.8) is 0 Å². The minimum absolute atomic E-state index is 0.0148. The summed E-state index contributed by atoms with van der Waals surface area (Å²) >= 11 is 0. The smallest absolute Gasteiger partial charge is 0.274 e. The predicted octanol–water partition coefficient (Wildman–Crippen LogP) is 2.46. The maximum atomic E-state index is 12.6. The Bertz CT molecular complexity index is 761. The fourth-order valence-electron chi connectivity index (χ4n) is 3.01. The first-order valence-corrected chi connectivity index (χ1v) is 8.62. The molecule has 0 fully saturated rings. The second kappa shape index (κ2) is 6.88. The summed E-state index contributed by atoms with van der Waals surface area (Å²) in [5.74, 6) is 0.801. The second-order valence-electron chi connectivity index (χ2n) is 7.45. The number of aromatic nitrogens is 2. The molecule has 0 spiro atoms.